The number of carbonyl (C=O) groups is 2. The number of amides is 2. The summed E-state index contributed by atoms with van der Waals surface area (Å²) in [4.78, 5) is 29.3. The first-order chi connectivity index (χ1) is 18.6. The Morgan fingerprint density at radius 1 is 0.975 bits per heavy atom. The van der Waals surface area contributed by atoms with Crippen molar-refractivity contribution in [2.75, 3.05) is 17.1 Å². The number of anilines is 1. The molecular weight excluding hydrogens is 614 g/mol. The van der Waals surface area contributed by atoms with E-state index in [-0.39, 0.29) is 24.6 Å². The Morgan fingerprint density at radius 2 is 1.62 bits per heavy atom. The van der Waals surface area contributed by atoms with Crippen molar-refractivity contribution in [2.24, 2.45) is 0 Å². The average Bonchev–Trinajstić information content (AvgIpc) is 2.85. The molecule has 0 heterocycles. The highest BCUT2D eigenvalue weighted by Crippen LogP contribution is 2.26. The van der Waals surface area contributed by atoms with Gasteiger partial charge in [0.2, 0.25) is 21.8 Å². The third-order valence-corrected chi connectivity index (χ3v) is 8.17. The molecule has 2 amide bonds. The third-order valence-electron chi connectivity index (χ3n) is 6.13. The van der Waals surface area contributed by atoms with Crippen LogP contribution in [0.4, 0.5) is 5.69 Å². The minimum Gasteiger partial charge on any atom is -0.350 e. The molecule has 3 rings (SSSR count). The summed E-state index contributed by atoms with van der Waals surface area (Å²) < 4.78 is 27.6. The highest BCUT2D eigenvalue weighted by atomic mass is 79.9. The molecule has 0 spiro atoms. The molecule has 0 aromatic heterocycles. The van der Waals surface area contributed by atoms with E-state index in [9.17, 15) is 18.0 Å². The number of benzene rings is 3. The molecule has 0 fully saturated rings. The first-order valence-corrected chi connectivity index (χ1v) is 15.8. The minimum atomic E-state index is -3.87. The molecule has 40 heavy (non-hydrogen) atoms. The topological polar surface area (TPSA) is 86.8 Å². The van der Waals surface area contributed by atoms with Crippen LogP contribution in [0.2, 0.25) is 5.02 Å². The number of halogens is 2. The molecule has 0 radical (unpaired) electrons. The maximum atomic E-state index is 14.1. The van der Waals surface area contributed by atoms with Crippen LogP contribution < -0.4 is 9.62 Å². The summed E-state index contributed by atoms with van der Waals surface area (Å²) in [6, 6.07) is 20.8. The summed E-state index contributed by atoms with van der Waals surface area (Å²) in [5.41, 5.74) is 2.16. The fraction of sp³-hybridized carbons (Fsp3) is 0.333. The highest BCUT2D eigenvalue weighted by molar-refractivity contribution is 9.10. The van der Waals surface area contributed by atoms with E-state index in [4.69, 9.17) is 11.6 Å². The van der Waals surface area contributed by atoms with Crippen molar-refractivity contribution >= 4 is 55.1 Å². The monoisotopic (exact) mass is 647 g/mol. The van der Waals surface area contributed by atoms with E-state index in [0.717, 1.165) is 31.7 Å². The Balaban J connectivity index is 2.09. The fourth-order valence-corrected chi connectivity index (χ4v) is 5.65. The van der Waals surface area contributed by atoms with Gasteiger partial charge in [0, 0.05) is 28.0 Å². The molecule has 0 aliphatic rings. The summed E-state index contributed by atoms with van der Waals surface area (Å²) in [5, 5.41) is 3.39. The number of nitrogens with zero attached hydrogens (tertiary/aromatic N) is 2. The molecule has 1 N–H and O–H groups in total. The summed E-state index contributed by atoms with van der Waals surface area (Å²) in [6.45, 7) is 7.02. The number of sulfonamides is 1. The summed E-state index contributed by atoms with van der Waals surface area (Å²) >= 11 is 9.77. The lowest BCUT2D eigenvalue weighted by atomic mass is 10.0. The first kappa shape index (κ1) is 31.6. The van der Waals surface area contributed by atoms with Gasteiger partial charge in [-0.25, -0.2) is 8.42 Å². The zero-order valence-electron chi connectivity index (χ0n) is 23.3. The Morgan fingerprint density at radius 3 is 2.20 bits per heavy atom. The van der Waals surface area contributed by atoms with E-state index < -0.39 is 34.1 Å². The quantitative estimate of drug-likeness (QED) is 0.304. The number of rotatable bonds is 10. The number of hydrogen-bond donors (Lipinski definition) is 1. The van der Waals surface area contributed by atoms with Gasteiger partial charge in [-0.2, -0.15) is 0 Å². The second-order valence-corrected chi connectivity index (χ2v) is 14.0. The van der Waals surface area contributed by atoms with Crippen LogP contribution in [0.15, 0.2) is 77.3 Å². The van der Waals surface area contributed by atoms with Gasteiger partial charge < -0.3 is 10.2 Å². The van der Waals surface area contributed by atoms with Crippen molar-refractivity contribution in [1.29, 1.82) is 0 Å². The van der Waals surface area contributed by atoms with E-state index in [1.807, 2.05) is 82.3 Å². The zero-order valence-corrected chi connectivity index (χ0v) is 26.5. The van der Waals surface area contributed by atoms with E-state index in [1.54, 1.807) is 12.1 Å². The van der Waals surface area contributed by atoms with Gasteiger partial charge in [-0.1, -0.05) is 76.1 Å². The van der Waals surface area contributed by atoms with Crippen molar-refractivity contribution in [2.45, 2.75) is 52.2 Å². The lowest BCUT2D eigenvalue weighted by Crippen LogP contribution is -2.56. The van der Waals surface area contributed by atoms with Crippen LogP contribution in [0, 0.1) is 6.92 Å². The number of carbonyl (C=O) groups excluding carboxylic acids is 2. The molecular formula is C30H35BrClN3O4S. The van der Waals surface area contributed by atoms with Crippen molar-refractivity contribution in [3.63, 3.8) is 0 Å². The van der Waals surface area contributed by atoms with Crippen molar-refractivity contribution < 1.29 is 18.0 Å². The van der Waals surface area contributed by atoms with Crippen LogP contribution in [-0.2, 0) is 32.6 Å². The van der Waals surface area contributed by atoms with Crippen molar-refractivity contribution in [3.05, 3.63) is 99.0 Å². The lowest BCUT2D eigenvalue weighted by molar-refractivity contribution is -0.140. The third kappa shape index (κ3) is 9.08. The van der Waals surface area contributed by atoms with Crippen LogP contribution in [0.25, 0.3) is 0 Å². The van der Waals surface area contributed by atoms with E-state index >= 15 is 0 Å². The predicted molar refractivity (Wildman–Crippen MR) is 165 cm³/mol. The van der Waals surface area contributed by atoms with Crippen LogP contribution in [0.5, 0.6) is 0 Å². The number of nitrogens with one attached hydrogen (secondary N) is 1. The molecule has 0 saturated heterocycles. The SMILES string of the molecule is Cc1ccc(N(CC(=O)N(Cc2cccc(Br)c2)[C@H](Cc2ccccc2)C(=O)NC(C)(C)C)S(C)(=O)=O)cc1Cl. The van der Waals surface area contributed by atoms with Crippen molar-refractivity contribution in [1.82, 2.24) is 10.2 Å². The van der Waals surface area contributed by atoms with Crippen LogP contribution >= 0.6 is 27.5 Å². The molecule has 3 aromatic rings. The Bertz CT molecular complexity index is 1460. The van der Waals surface area contributed by atoms with Crippen LogP contribution in [-0.4, -0.2) is 49.5 Å². The van der Waals surface area contributed by atoms with Gasteiger partial charge in [0.25, 0.3) is 0 Å². The van der Waals surface area contributed by atoms with Gasteiger partial charge in [0.1, 0.15) is 12.6 Å². The highest BCUT2D eigenvalue weighted by Gasteiger charge is 2.34. The first-order valence-electron chi connectivity index (χ1n) is 12.8. The van der Waals surface area contributed by atoms with Gasteiger partial charge in [0.05, 0.1) is 11.9 Å². The summed E-state index contributed by atoms with van der Waals surface area (Å²) in [5.74, 6) is -0.851. The zero-order chi connectivity index (χ0) is 29.7. The molecule has 3 aromatic carbocycles. The second kappa shape index (κ2) is 13.2. The van der Waals surface area contributed by atoms with Crippen LogP contribution in [0.1, 0.15) is 37.5 Å². The number of aryl methyl sites for hydroxylation is 1. The second-order valence-electron chi connectivity index (χ2n) is 10.8. The van der Waals surface area contributed by atoms with E-state index in [2.05, 4.69) is 21.2 Å². The van der Waals surface area contributed by atoms with Gasteiger partial charge >= 0.3 is 0 Å². The molecule has 7 nitrogen and oxygen atoms in total. The van der Waals surface area contributed by atoms with Gasteiger partial charge in [-0.05, 0) is 68.7 Å². The van der Waals surface area contributed by atoms with Crippen molar-refractivity contribution in [3.8, 4) is 0 Å². The van der Waals surface area contributed by atoms with E-state index in [0.29, 0.717) is 5.02 Å². The molecule has 0 saturated carbocycles. The van der Waals surface area contributed by atoms with Gasteiger partial charge in [0.15, 0.2) is 0 Å². The van der Waals surface area contributed by atoms with E-state index in [1.165, 1.54) is 11.0 Å². The molecule has 0 aliphatic heterocycles. The minimum absolute atomic E-state index is 0.0968. The number of hydrogen-bond acceptors (Lipinski definition) is 4. The largest absolute Gasteiger partial charge is 0.350 e. The van der Waals surface area contributed by atoms with Gasteiger partial charge in [-0.3, -0.25) is 13.9 Å². The Labute approximate surface area is 250 Å². The predicted octanol–water partition coefficient (Wildman–Crippen LogP) is 5.73. The lowest BCUT2D eigenvalue weighted by Gasteiger charge is -2.35. The van der Waals surface area contributed by atoms with Crippen LogP contribution in [0.3, 0.4) is 0 Å². The Hall–Kier alpha value is -2.88. The average molecular weight is 649 g/mol. The fourth-order valence-electron chi connectivity index (χ4n) is 4.19. The molecule has 10 heteroatoms. The molecule has 1 atom stereocenters. The maximum Gasteiger partial charge on any atom is 0.244 e. The molecule has 0 aliphatic carbocycles. The molecule has 0 unspecified atom stereocenters. The molecule has 0 bridgehead atoms. The Kier molecular flexibility index (Phi) is 10.4. The maximum absolute atomic E-state index is 14.1. The smallest absolute Gasteiger partial charge is 0.244 e. The summed E-state index contributed by atoms with van der Waals surface area (Å²) in [7, 11) is -3.87. The van der Waals surface area contributed by atoms with Gasteiger partial charge in [-0.15, -0.1) is 0 Å². The normalized spacial score (nSPS) is 12.5. The molecule has 214 valence electrons. The standard InChI is InChI=1S/C30H35BrClN3O4S/c1-21-14-15-25(18-26(21)32)35(40(5,38)39)20-28(36)34(19-23-12-9-13-24(31)16-23)27(29(37)33-30(2,3)4)17-22-10-7-6-8-11-22/h6-16,18,27H,17,19-20H2,1-5H3,(H,33,37)/t27-/m1/s1. The summed E-state index contributed by atoms with van der Waals surface area (Å²) in [6.07, 6.45) is 1.29.